The second-order valence-electron chi connectivity index (χ2n) is 10.9. The predicted octanol–water partition coefficient (Wildman–Crippen LogP) is 5.39. The van der Waals surface area contributed by atoms with Gasteiger partial charge in [0.25, 0.3) is 5.56 Å². The van der Waals surface area contributed by atoms with Gasteiger partial charge >= 0.3 is 0 Å². The molecule has 242 valence electrons. The molecule has 10 nitrogen and oxygen atoms in total. The number of carbonyl (C=O) groups excluding carboxylic acids is 1. The number of methoxy groups -OCH3 is 1. The van der Waals surface area contributed by atoms with Gasteiger partial charge in [0, 0.05) is 49.9 Å². The Morgan fingerprint density at radius 3 is 2.49 bits per heavy atom. The maximum atomic E-state index is 15.3. The average Bonchev–Trinajstić information content (AvgIpc) is 3.08. The summed E-state index contributed by atoms with van der Waals surface area (Å²) in [5.41, 5.74) is 0.454. The number of nitrogens with zero attached hydrogens (tertiary/aromatic N) is 4. The van der Waals surface area contributed by atoms with Gasteiger partial charge < -0.3 is 18.9 Å². The molecule has 0 bridgehead atoms. The zero-order valence-corrected chi connectivity index (χ0v) is 25.7. The van der Waals surface area contributed by atoms with Gasteiger partial charge in [-0.05, 0) is 66.6 Å². The lowest BCUT2D eigenvalue weighted by molar-refractivity contribution is 0.0357. The Balaban J connectivity index is 1.14. The number of halogens is 2. The molecule has 3 aromatic carbocycles. The minimum atomic E-state index is -0.689. The summed E-state index contributed by atoms with van der Waals surface area (Å²) in [4.78, 5) is 32.8. The normalized spacial score (nSPS) is 13.4. The summed E-state index contributed by atoms with van der Waals surface area (Å²) in [5, 5.41) is 4.59. The molecule has 0 radical (unpaired) electrons. The number of carbonyl (C=O) groups is 1. The summed E-state index contributed by atoms with van der Waals surface area (Å²) in [7, 11) is 1.54. The highest BCUT2D eigenvalue weighted by molar-refractivity contribution is 5.97. The number of hydrogen-bond acceptors (Lipinski definition) is 9. The highest BCUT2D eigenvalue weighted by Gasteiger charge is 2.18. The molecule has 1 fully saturated rings. The van der Waals surface area contributed by atoms with Crippen LogP contribution in [0, 0.1) is 11.6 Å². The van der Waals surface area contributed by atoms with Gasteiger partial charge in [0.1, 0.15) is 11.6 Å². The van der Waals surface area contributed by atoms with Crippen LogP contribution in [0.1, 0.15) is 22.3 Å². The van der Waals surface area contributed by atoms with Crippen molar-refractivity contribution in [3.05, 3.63) is 112 Å². The topological polar surface area (TPSA) is 105 Å². The third-order valence-electron chi connectivity index (χ3n) is 7.77. The summed E-state index contributed by atoms with van der Waals surface area (Å²) < 4.78 is 52.6. The Morgan fingerprint density at radius 1 is 0.915 bits per heavy atom. The summed E-state index contributed by atoms with van der Waals surface area (Å²) in [5.74, 6) is -0.341. The number of aromatic nitrogens is 3. The molecule has 1 saturated heterocycles. The lowest BCUT2D eigenvalue weighted by Crippen LogP contribution is -2.37. The third kappa shape index (κ3) is 7.45. The van der Waals surface area contributed by atoms with Crippen LogP contribution in [0.15, 0.2) is 83.9 Å². The van der Waals surface area contributed by atoms with Crippen molar-refractivity contribution in [2.24, 2.45) is 0 Å². The molecule has 2 aromatic heterocycles. The molecule has 0 unspecified atom stereocenters. The number of pyridine rings is 1. The molecule has 12 heteroatoms. The van der Waals surface area contributed by atoms with Gasteiger partial charge in [-0.25, -0.2) is 8.78 Å². The van der Waals surface area contributed by atoms with Crippen LogP contribution < -0.4 is 19.8 Å². The number of morpholine rings is 1. The van der Waals surface area contributed by atoms with Crippen LogP contribution in [-0.4, -0.2) is 72.0 Å². The number of rotatable bonds is 12. The van der Waals surface area contributed by atoms with Crippen molar-refractivity contribution in [3.63, 3.8) is 0 Å². The van der Waals surface area contributed by atoms with Crippen LogP contribution in [-0.2, 0) is 11.2 Å². The van der Waals surface area contributed by atoms with E-state index in [2.05, 4.69) is 15.0 Å². The first-order valence-corrected chi connectivity index (χ1v) is 15.1. The van der Waals surface area contributed by atoms with E-state index in [1.54, 1.807) is 37.6 Å². The van der Waals surface area contributed by atoms with Gasteiger partial charge in [-0.1, -0.05) is 6.07 Å². The largest absolute Gasteiger partial charge is 0.493 e. The molecule has 6 rings (SSSR count). The van der Waals surface area contributed by atoms with Crippen LogP contribution >= 0.6 is 0 Å². The van der Waals surface area contributed by atoms with Crippen LogP contribution in [0.4, 0.5) is 8.78 Å². The van der Waals surface area contributed by atoms with Crippen molar-refractivity contribution >= 4 is 16.7 Å². The fourth-order valence-corrected chi connectivity index (χ4v) is 5.31. The fourth-order valence-electron chi connectivity index (χ4n) is 5.31. The lowest BCUT2D eigenvalue weighted by atomic mass is 10.0. The summed E-state index contributed by atoms with van der Waals surface area (Å²) in [6, 6.07) is 15.8. The molecule has 3 heterocycles. The zero-order valence-electron chi connectivity index (χ0n) is 25.7. The smallest absolute Gasteiger partial charge is 0.282 e. The van der Waals surface area contributed by atoms with Crippen LogP contribution in [0.25, 0.3) is 16.6 Å². The Morgan fingerprint density at radius 2 is 1.72 bits per heavy atom. The first-order valence-electron chi connectivity index (χ1n) is 15.1. The quantitative estimate of drug-likeness (QED) is 0.131. The fraction of sp³-hybridized carbons (Fsp3) is 0.257. The van der Waals surface area contributed by atoms with E-state index in [1.165, 1.54) is 48.7 Å². The first-order chi connectivity index (χ1) is 22.9. The maximum Gasteiger partial charge on any atom is 0.282 e. The molecule has 47 heavy (non-hydrogen) atoms. The lowest BCUT2D eigenvalue weighted by Gasteiger charge is -2.26. The minimum Gasteiger partial charge on any atom is -0.493 e. The molecule has 0 amide bonds. The van der Waals surface area contributed by atoms with Gasteiger partial charge in [0.15, 0.2) is 28.8 Å². The van der Waals surface area contributed by atoms with E-state index < -0.39 is 23.0 Å². The Bertz CT molecular complexity index is 1940. The number of ketones is 1. The average molecular weight is 643 g/mol. The van der Waals surface area contributed by atoms with Crippen molar-refractivity contribution in [2.45, 2.75) is 12.8 Å². The molecule has 1 aliphatic heterocycles. The molecule has 1 aliphatic rings. The number of fused-ring (bicyclic) bond motifs is 1. The van der Waals surface area contributed by atoms with Crippen molar-refractivity contribution in [1.29, 1.82) is 0 Å². The molecule has 0 spiro atoms. The number of ether oxygens (including phenoxy) is 4. The number of Topliss-reactive ketones (excluding diaryl/α,β-unsaturated/α-hetero) is 1. The van der Waals surface area contributed by atoms with E-state index in [0.29, 0.717) is 46.0 Å². The maximum absolute atomic E-state index is 15.3. The number of hydrogen-bond donors (Lipinski definition) is 0. The molecule has 0 saturated carbocycles. The van der Waals surface area contributed by atoms with Crippen LogP contribution in [0.5, 0.6) is 23.0 Å². The summed E-state index contributed by atoms with van der Waals surface area (Å²) in [6.45, 7) is 4.75. The third-order valence-corrected chi connectivity index (χ3v) is 7.77. The summed E-state index contributed by atoms with van der Waals surface area (Å²) in [6.07, 6.45) is 3.48. The van der Waals surface area contributed by atoms with Crippen LogP contribution in [0.3, 0.4) is 0 Å². The second-order valence-corrected chi connectivity index (χ2v) is 10.9. The monoisotopic (exact) mass is 642 g/mol. The summed E-state index contributed by atoms with van der Waals surface area (Å²) >= 11 is 0. The van der Waals surface area contributed by atoms with E-state index in [0.717, 1.165) is 44.0 Å². The van der Waals surface area contributed by atoms with Crippen LogP contribution in [0.2, 0.25) is 0 Å². The molecular formula is C35H32F2N4O6. The van der Waals surface area contributed by atoms with E-state index in [4.69, 9.17) is 18.9 Å². The molecule has 0 N–H and O–H groups in total. The van der Waals surface area contributed by atoms with Crippen molar-refractivity contribution in [3.8, 4) is 28.7 Å². The minimum absolute atomic E-state index is 0.0568. The number of benzene rings is 3. The first kappa shape index (κ1) is 31.8. The Hall–Kier alpha value is -5.20. The van der Waals surface area contributed by atoms with E-state index in [9.17, 15) is 14.0 Å². The van der Waals surface area contributed by atoms with Crippen molar-refractivity contribution < 1.29 is 32.5 Å². The highest BCUT2D eigenvalue weighted by atomic mass is 19.1. The van der Waals surface area contributed by atoms with E-state index >= 15 is 4.39 Å². The predicted molar refractivity (Wildman–Crippen MR) is 170 cm³/mol. The standard InChI is InChI=1S/C35H32F2N4O6/c1-44-33-21-27-29(22-34(33)46-16-2-13-40-14-17-45-18-15-40)38-11-10-31(27)47-32-8-3-23(19-28(32)37)20-30(42)26-9-12-39-41(35(26)43)25-6-4-24(36)5-7-25/h3-12,19,21-22H,2,13-18,20H2,1H3. The van der Waals surface area contributed by atoms with Gasteiger partial charge in [-0.2, -0.15) is 9.78 Å². The molecule has 0 atom stereocenters. The Labute approximate surface area is 269 Å². The van der Waals surface area contributed by atoms with Gasteiger partial charge in [0.2, 0.25) is 0 Å². The highest BCUT2D eigenvalue weighted by Crippen LogP contribution is 2.37. The molecular weight excluding hydrogens is 610 g/mol. The van der Waals surface area contributed by atoms with Gasteiger partial charge in [0.05, 0.1) is 43.7 Å². The van der Waals surface area contributed by atoms with Gasteiger partial charge in [-0.15, -0.1) is 0 Å². The van der Waals surface area contributed by atoms with Gasteiger partial charge in [-0.3, -0.25) is 19.5 Å². The second kappa shape index (κ2) is 14.5. The van der Waals surface area contributed by atoms with E-state index in [-0.39, 0.29) is 17.7 Å². The molecule has 0 aliphatic carbocycles. The SMILES string of the molecule is COc1cc2c(Oc3ccc(CC(=O)c4ccnn(-c5ccc(F)cc5)c4=O)cc3F)ccnc2cc1OCCCN1CCOCC1. The molecule has 5 aromatic rings. The van der Waals surface area contributed by atoms with Crippen molar-refractivity contribution in [1.82, 2.24) is 19.7 Å². The zero-order chi connectivity index (χ0) is 32.8. The van der Waals surface area contributed by atoms with E-state index in [1.807, 2.05) is 0 Å². The Kier molecular flexibility index (Phi) is 9.79. The van der Waals surface area contributed by atoms with Crippen molar-refractivity contribution in [2.75, 3.05) is 46.6 Å².